The minimum Gasteiger partial charge on any atom is -0.327 e. The third kappa shape index (κ3) is 2.05. The van der Waals surface area contributed by atoms with Crippen molar-refractivity contribution in [1.29, 1.82) is 0 Å². The molecule has 2 rings (SSSR count). The Kier molecular flexibility index (Phi) is 2.91. The summed E-state index contributed by atoms with van der Waals surface area (Å²) >= 11 is 0. The fourth-order valence-electron chi connectivity index (χ4n) is 2.13. The predicted molar refractivity (Wildman–Crippen MR) is 65.1 cm³/mol. The van der Waals surface area contributed by atoms with Crippen LogP contribution in [0.5, 0.6) is 0 Å². The molecule has 1 atom stereocenters. The van der Waals surface area contributed by atoms with Gasteiger partial charge < -0.3 is 10.6 Å². The summed E-state index contributed by atoms with van der Waals surface area (Å²) in [6.45, 7) is 4.23. The molecule has 1 aromatic rings. The second-order valence-electron chi connectivity index (χ2n) is 5.05. The quantitative estimate of drug-likeness (QED) is 0.809. The van der Waals surface area contributed by atoms with E-state index in [1.165, 1.54) is 12.1 Å². The van der Waals surface area contributed by atoms with Crippen LogP contribution in [0.4, 0.5) is 10.1 Å². The van der Waals surface area contributed by atoms with Gasteiger partial charge >= 0.3 is 0 Å². The highest BCUT2D eigenvalue weighted by Crippen LogP contribution is 2.32. The van der Waals surface area contributed by atoms with Crippen molar-refractivity contribution in [3.8, 4) is 0 Å². The smallest absolute Gasteiger partial charge is 0.234 e. The molecule has 4 heteroatoms. The van der Waals surface area contributed by atoms with Gasteiger partial charge in [0.05, 0.1) is 5.41 Å². The van der Waals surface area contributed by atoms with Gasteiger partial charge in [0.1, 0.15) is 5.82 Å². The number of amides is 1. The van der Waals surface area contributed by atoms with Crippen molar-refractivity contribution in [1.82, 2.24) is 0 Å². The zero-order chi connectivity index (χ0) is 12.6. The van der Waals surface area contributed by atoms with E-state index in [9.17, 15) is 9.18 Å². The van der Waals surface area contributed by atoms with Gasteiger partial charge in [-0.2, -0.15) is 0 Å². The highest BCUT2D eigenvalue weighted by atomic mass is 19.1. The third-order valence-electron chi connectivity index (χ3n) is 3.51. The maximum Gasteiger partial charge on any atom is 0.234 e. The van der Waals surface area contributed by atoms with Crippen LogP contribution in [0.15, 0.2) is 24.3 Å². The predicted octanol–water partition coefficient (Wildman–Crippen LogP) is 1.92. The summed E-state index contributed by atoms with van der Waals surface area (Å²) in [4.78, 5) is 13.9. The van der Waals surface area contributed by atoms with Gasteiger partial charge in [0.25, 0.3) is 0 Å². The lowest BCUT2D eigenvalue weighted by Gasteiger charge is -2.41. The maximum atomic E-state index is 13.2. The van der Waals surface area contributed by atoms with Crippen molar-refractivity contribution in [2.24, 2.45) is 11.1 Å². The van der Waals surface area contributed by atoms with Gasteiger partial charge in [-0.25, -0.2) is 4.39 Å². The van der Waals surface area contributed by atoms with Crippen LogP contribution in [0.25, 0.3) is 0 Å². The van der Waals surface area contributed by atoms with Crippen LogP contribution in [-0.2, 0) is 4.79 Å². The molecule has 0 saturated carbocycles. The van der Waals surface area contributed by atoms with Crippen molar-refractivity contribution in [2.75, 3.05) is 11.4 Å². The number of carbonyl (C=O) groups excluding carboxylic acids is 1. The number of halogens is 1. The Bertz CT molecular complexity index is 445. The molecule has 92 valence electrons. The Balaban J connectivity index is 2.32. The summed E-state index contributed by atoms with van der Waals surface area (Å²) in [5, 5.41) is 0. The zero-order valence-electron chi connectivity index (χ0n) is 10.1. The van der Waals surface area contributed by atoms with Gasteiger partial charge in [-0.1, -0.05) is 6.07 Å². The monoisotopic (exact) mass is 236 g/mol. The van der Waals surface area contributed by atoms with E-state index >= 15 is 0 Å². The fraction of sp³-hybridized carbons (Fsp3) is 0.462. The summed E-state index contributed by atoms with van der Waals surface area (Å²) < 4.78 is 13.2. The van der Waals surface area contributed by atoms with Crippen molar-refractivity contribution < 1.29 is 9.18 Å². The molecule has 1 amide bonds. The number of nitrogens with two attached hydrogens (primary N) is 1. The topological polar surface area (TPSA) is 46.3 Å². The molecule has 1 aliphatic rings. The Morgan fingerprint density at radius 1 is 1.47 bits per heavy atom. The molecular weight excluding hydrogens is 219 g/mol. The highest BCUT2D eigenvalue weighted by molar-refractivity contribution is 5.98. The molecule has 1 fully saturated rings. The fourth-order valence-corrected chi connectivity index (χ4v) is 2.13. The van der Waals surface area contributed by atoms with Crippen LogP contribution < -0.4 is 10.6 Å². The minimum atomic E-state index is -0.593. The Labute approximate surface area is 100 Å². The molecule has 2 N–H and O–H groups in total. The lowest BCUT2D eigenvalue weighted by Crippen LogP contribution is -2.56. The molecule has 0 aliphatic carbocycles. The average molecular weight is 236 g/mol. The molecular formula is C13H17FN2O. The summed E-state index contributed by atoms with van der Waals surface area (Å²) in [7, 11) is 0. The number of nitrogens with zero attached hydrogens (tertiary/aromatic N) is 1. The number of benzene rings is 1. The van der Waals surface area contributed by atoms with Crippen molar-refractivity contribution in [3.63, 3.8) is 0 Å². The molecule has 0 bridgehead atoms. The number of carbonyl (C=O) groups is 1. The van der Waals surface area contributed by atoms with Crippen molar-refractivity contribution in [2.45, 2.75) is 26.3 Å². The third-order valence-corrected chi connectivity index (χ3v) is 3.51. The molecule has 1 aliphatic heterocycles. The first kappa shape index (κ1) is 12.0. The summed E-state index contributed by atoms with van der Waals surface area (Å²) in [5.74, 6) is -0.371. The van der Waals surface area contributed by atoms with Crippen LogP contribution in [0.3, 0.4) is 0 Å². The summed E-state index contributed by atoms with van der Waals surface area (Å²) in [6, 6.07) is 5.97. The van der Waals surface area contributed by atoms with Crippen LogP contribution in [-0.4, -0.2) is 18.5 Å². The van der Waals surface area contributed by atoms with Crippen molar-refractivity contribution in [3.05, 3.63) is 30.1 Å². The van der Waals surface area contributed by atoms with Gasteiger partial charge in [0.2, 0.25) is 5.91 Å². The number of hydrogen-bond donors (Lipinski definition) is 1. The Morgan fingerprint density at radius 2 is 2.18 bits per heavy atom. The molecule has 1 saturated heterocycles. The van der Waals surface area contributed by atoms with E-state index in [1.54, 1.807) is 17.0 Å². The molecule has 1 aromatic carbocycles. The molecule has 3 nitrogen and oxygen atoms in total. The van der Waals surface area contributed by atoms with E-state index in [0.717, 1.165) is 6.42 Å². The standard InChI is InChI=1S/C13H17FN2O/c1-13(2)11(15)6-7-16(12(13)17)10-5-3-4-9(14)8-10/h3-5,8,11H,6-7,15H2,1-2H3. The second-order valence-corrected chi connectivity index (χ2v) is 5.05. The first-order chi connectivity index (χ1) is 7.93. The summed E-state index contributed by atoms with van der Waals surface area (Å²) in [6.07, 6.45) is 0.731. The normalized spacial score (nSPS) is 23.9. The van der Waals surface area contributed by atoms with Crippen molar-refractivity contribution >= 4 is 11.6 Å². The van der Waals surface area contributed by atoms with Gasteiger partial charge in [-0.15, -0.1) is 0 Å². The van der Waals surface area contributed by atoms with Crippen LogP contribution >= 0.6 is 0 Å². The van der Waals surface area contributed by atoms with Gasteiger partial charge in [0, 0.05) is 18.3 Å². The van der Waals surface area contributed by atoms with E-state index in [2.05, 4.69) is 0 Å². The lowest BCUT2D eigenvalue weighted by molar-refractivity contribution is -0.129. The highest BCUT2D eigenvalue weighted by Gasteiger charge is 2.42. The number of hydrogen-bond acceptors (Lipinski definition) is 2. The van der Waals surface area contributed by atoms with Gasteiger partial charge in [0.15, 0.2) is 0 Å². The zero-order valence-corrected chi connectivity index (χ0v) is 10.1. The van der Waals surface area contributed by atoms with Crippen LogP contribution in [0.1, 0.15) is 20.3 Å². The van der Waals surface area contributed by atoms with E-state index in [4.69, 9.17) is 5.73 Å². The lowest BCUT2D eigenvalue weighted by atomic mass is 9.78. The molecule has 1 unspecified atom stereocenters. The average Bonchev–Trinajstić information content (AvgIpc) is 2.27. The molecule has 0 spiro atoms. The number of piperidine rings is 1. The Hall–Kier alpha value is -1.42. The van der Waals surface area contributed by atoms with E-state index in [0.29, 0.717) is 12.2 Å². The molecule has 0 aromatic heterocycles. The van der Waals surface area contributed by atoms with Crippen LogP contribution in [0.2, 0.25) is 0 Å². The van der Waals surface area contributed by atoms with Gasteiger partial charge in [-0.05, 0) is 38.5 Å². The van der Waals surface area contributed by atoms with Crippen LogP contribution in [0, 0.1) is 11.2 Å². The van der Waals surface area contributed by atoms with E-state index in [1.807, 2.05) is 13.8 Å². The molecule has 1 heterocycles. The van der Waals surface area contributed by atoms with E-state index < -0.39 is 5.41 Å². The Morgan fingerprint density at radius 3 is 2.82 bits per heavy atom. The van der Waals surface area contributed by atoms with E-state index in [-0.39, 0.29) is 17.8 Å². The molecule has 0 radical (unpaired) electrons. The number of anilines is 1. The minimum absolute atomic E-state index is 0.0400. The maximum absolute atomic E-state index is 13.2. The van der Waals surface area contributed by atoms with Gasteiger partial charge in [-0.3, -0.25) is 4.79 Å². The first-order valence-corrected chi connectivity index (χ1v) is 5.76. The number of rotatable bonds is 1. The largest absolute Gasteiger partial charge is 0.327 e. The second kappa shape index (κ2) is 4.11. The first-order valence-electron chi connectivity index (χ1n) is 5.76. The summed E-state index contributed by atoms with van der Waals surface area (Å²) in [5.41, 5.74) is 5.97. The molecule has 17 heavy (non-hydrogen) atoms. The SMILES string of the molecule is CC1(C)C(=O)N(c2cccc(F)c2)CCC1N.